The summed E-state index contributed by atoms with van der Waals surface area (Å²) in [4.78, 5) is 56.1. The molecule has 8 heteroatoms. The van der Waals surface area contributed by atoms with Crippen LogP contribution in [0.5, 0.6) is 0 Å². The lowest BCUT2D eigenvalue weighted by Crippen LogP contribution is -2.64. The molecule has 2 saturated heterocycles. The molecule has 2 heterocycles. The maximum absolute atomic E-state index is 11.9. The Balaban J connectivity index is -0.0000000128. The van der Waals surface area contributed by atoms with Gasteiger partial charge in [-0.1, -0.05) is 0 Å². The molecule has 284 valence electrons. The topological polar surface area (TPSA) is 97.7 Å². The van der Waals surface area contributed by atoms with Crippen molar-refractivity contribution in [1.29, 1.82) is 0 Å². The van der Waals surface area contributed by atoms with Crippen LogP contribution in [-0.2, 0) is 23.7 Å². The van der Waals surface area contributed by atoms with Crippen molar-refractivity contribution in [1.82, 2.24) is 0 Å². The zero-order valence-corrected chi connectivity index (χ0v) is 25.9. The van der Waals surface area contributed by atoms with E-state index >= 15 is 0 Å². The summed E-state index contributed by atoms with van der Waals surface area (Å²) in [5, 5.41) is 0. The fourth-order valence-electron chi connectivity index (χ4n) is 2.32. The largest absolute Gasteiger partial charge is 0.410 e. The van der Waals surface area contributed by atoms with Gasteiger partial charge in [-0.25, -0.2) is 0 Å². The Hall–Kier alpha value is -8.62. The fraction of sp³-hybridized carbons (Fsp3) is 0.0244. The Morgan fingerprint density at radius 1 is 0.408 bits per heavy atom. The van der Waals surface area contributed by atoms with Gasteiger partial charge in [0.05, 0.1) is 0 Å². The van der Waals surface area contributed by atoms with Crippen molar-refractivity contribution in [2.24, 2.45) is 5.41 Å². The predicted octanol–water partition coefficient (Wildman–Crippen LogP) is 8.41. The number of hydrogen-bond acceptors (Lipinski definition) is 6. The smallest absolute Gasteiger partial charge is 0.242 e. The van der Waals surface area contributed by atoms with Crippen LogP contribution in [0.15, 0.2) is 0 Å². The highest BCUT2D eigenvalue weighted by Gasteiger charge is 2.82. The average molecular weight is 725 g/mol. The lowest BCUT2D eigenvalue weighted by Gasteiger charge is -2.45. The summed E-state index contributed by atoms with van der Waals surface area (Å²) < 4.78 is 4.78. The molecule has 0 radical (unpaired) electrons. The van der Waals surface area contributed by atoms with Crippen LogP contribution in [0.1, 0.15) is 49.9 Å². The third-order valence-corrected chi connectivity index (χ3v) is 7.25. The summed E-state index contributed by atoms with van der Waals surface area (Å²) in [6, 6.07) is 0. The molecular formula is C41H74O6P2. The molecule has 0 amide bonds. The fourth-order valence-corrected chi connectivity index (χ4v) is 5.47. The van der Waals surface area contributed by atoms with Crippen molar-refractivity contribution in [2.45, 2.75) is 0 Å². The molecule has 2 fully saturated rings. The summed E-state index contributed by atoms with van der Waals surface area (Å²) in [6.07, 6.45) is 16.7. The molecule has 1 spiro atoms. The Morgan fingerprint density at radius 2 is 0.633 bits per heavy atom. The Bertz CT molecular complexity index is 2630. The maximum atomic E-state index is 11.9. The van der Waals surface area contributed by atoms with Gasteiger partial charge in [0.25, 0.3) is 0 Å². The molecular weight excluding hydrogens is 650 g/mol. The zero-order chi connectivity index (χ0) is 36.0. The van der Waals surface area contributed by atoms with Crippen LogP contribution in [0, 0.1) is 220 Å². The molecule has 6 nitrogen and oxygen atoms in total. The normalized spacial score (nSPS) is 14.4. The van der Waals surface area contributed by atoms with Crippen LogP contribution in [-0.4, -0.2) is 27.0 Å². The van der Waals surface area contributed by atoms with E-state index < -0.39 is 43.8 Å². The van der Waals surface area contributed by atoms with Crippen molar-refractivity contribution in [3.05, 3.63) is 0 Å². The third kappa shape index (κ3) is 12.9. The SMILES string of the molecule is C#CC#CC#CC#CC#CC#CC#CC#CC#C.C#CC#CC#CC#CC#CC#CC#CC#CC#COP1C(=O)C2(C(=O)P(O)C2=O)C1=O.[HH].[HH].[HH].[HH].[HH].[HH].[HH].[HH].[HH].[HH].[HH].[HH].[HH].[HH].[HH].[HH].[HH].[HH].[HH].[HH].[HH].[HH].[HH].[HH].[HH].[HH].[HH].[HH].[HH].[HH].[HH].[HH].[HH].[HH].[HH]. The number of hydrogen-bond donors (Lipinski definition) is 1. The summed E-state index contributed by atoms with van der Waals surface area (Å²) in [5.41, 5.74) is -6.36. The van der Waals surface area contributed by atoms with E-state index in [0.29, 0.717) is 0 Å². The monoisotopic (exact) mass is 724 g/mol. The second kappa shape index (κ2) is 23.8. The van der Waals surface area contributed by atoms with Crippen molar-refractivity contribution in [3.8, 4) is 215 Å². The minimum Gasteiger partial charge on any atom is -0.410 e. The molecule has 2 aliphatic heterocycles. The minimum absolute atomic E-state index is 0. The summed E-state index contributed by atoms with van der Waals surface area (Å²) in [6.45, 7) is 0. The summed E-state index contributed by atoms with van der Waals surface area (Å²) >= 11 is 0. The molecule has 2 aliphatic rings. The number of carbonyl (C=O) groups excluding carboxylic acids is 4. The first-order valence-electron chi connectivity index (χ1n) is 11.9. The third-order valence-electron chi connectivity index (χ3n) is 4.13. The van der Waals surface area contributed by atoms with Gasteiger partial charge in [-0.15, -0.1) is 19.3 Å². The lowest BCUT2D eigenvalue weighted by molar-refractivity contribution is -0.150. The van der Waals surface area contributed by atoms with Gasteiger partial charge in [0.15, 0.2) is 8.15 Å². The van der Waals surface area contributed by atoms with Crippen LogP contribution in [0.25, 0.3) is 0 Å². The van der Waals surface area contributed by atoms with Gasteiger partial charge in [-0.2, -0.15) is 0 Å². The van der Waals surface area contributed by atoms with Gasteiger partial charge in [-0.3, -0.25) is 19.2 Å². The highest BCUT2D eigenvalue weighted by atomic mass is 31.1. The second-order valence-electron chi connectivity index (χ2n) is 6.83. The first-order valence-corrected chi connectivity index (χ1v) is 14.5. The van der Waals surface area contributed by atoms with Crippen molar-refractivity contribution in [3.63, 3.8) is 0 Å². The highest BCUT2D eigenvalue weighted by molar-refractivity contribution is 7.98. The van der Waals surface area contributed by atoms with Crippen LogP contribution < -0.4 is 0 Å². The van der Waals surface area contributed by atoms with Crippen molar-refractivity contribution < 1.29 is 78.5 Å². The van der Waals surface area contributed by atoms with E-state index in [1.807, 2.05) is 6.11 Å². The quantitative estimate of drug-likeness (QED) is 0.166. The van der Waals surface area contributed by atoms with Crippen molar-refractivity contribution >= 4 is 38.4 Å². The molecule has 0 aliphatic carbocycles. The van der Waals surface area contributed by atoms with Gasteiger partial charge in [-0.05, 0) is 142 Å². The van der Waals surface area contributed by atoms with E-state index in [9.17, 15) is 24.1 Å². The van der Waals surface area contributed by atoms with E-state index in [4.69, 9.17) is 23.8 Å². The molecule has 0 aromatic heterocycles. The first-order chi connectivity index (χ1) is 23.9. The number of terminal acetylenes is 3. The van der Waals surface area contributed by atoms with E-state index in [-0.39, 0.29) is 49.9 Å². The predicted molar refractivity (Wildman–Crippen MR) is 257 cm³/mol. The standard InChI is InChI=1S/C23H2O6P2.C18H2.35H2/c1-2-3-4-5-6-7-8-9-10-11-12-13-14-15-16-17-18-29-31-21(26)23(22(31)27)19(24)30(28)20(23)25;1-3-5-7-9-11-13-15-17-18-16-14-12-10-8-6-4-2;;;;;;;;;;;;;;;;;;;;;;;;;;;;;;;;;;;/h1,28H;1-2H;35*1H. The molecule has 49 heavy (non-hydrogen) atoms. The number of carbonyl (C=O) groups is 4. The average Bonchev–Trinajstić information content (AvgIpc) is 3.11. The molecule has 0 bridgehead atoms. The van der Waals surface area contributed by atoms with Crippen LogP contribution in [0.3, 0.4) is 0 Å². The van der Waals surface area contributed by atoms with Crippen molar-refractivity contribution in [2.75, 3.05) is 0 Å². The molecule has 2 rings (SSSR count). The molecule has 0 unspecified atom stereocenters. The van der Waals surface area contributed by atoms with Gasteiger partial charge in [0, 0.05) is 97.3 Å². The van der Waals surface area contributed by atoms with E-state index in [2.05, 4.69) is 189 Å². The molecule has 1 N–H and O–H groups in total. The Morgan fingerprint density at radius 3 is 0.878 bits per heavy atom. The van der Waals surface area contributed by atoms with Gasteiger partial charge in [0.2, 0.25) is 35.7 Å². The van der Waals surface area contributed by atoms with E-state index in [1.54, 1.807) is 0 Å². The minimum atomic E-state index is -2.57. The highest BCUT2D eigenvalue weighted by Crippen LogP contribution is 2.73. The van der Waals surface area contributed by atoms with Gasteiger partial charge in [0.1, 0.15) is 6.11 Å². The second-order valence-corrected chi connectivity index (χ2v) is 9.85. The Labute approximate surface area is 338 Å². The van der Waals surface area contributed by atoms with Gasteiger partial charge >= 0.3 is 0 Å². The van der Waals surface area contributed by atoms with E-state index in [0.717, 1.165) is 0 Å². The van der Waals surface area contributed by atoms with Gasteiger partial charge < -0.3 is 9.42 Å². The molecule has 0 atom stereocenters. The van der Waals surface area contributed by atoms with Crippen LogP contribution in [0.2, 0.25) is 0 Å². The summed E-state index contributed by atoms with van der Waals surface area (Å²) in [5.74, 6) is 75.8. The van der Waals surface area contributed by atoms with E-state index in [1.165, 1.54) is 0 Å². The zero-order valence-electron chi connectivity index (χ0n) is 24.1. The van der Waals surface area contributed by atoms with Crippen LogP contribution >= 0.6 is 16.3 Å². The lowest BCUT2D eigenvalue weighted by atomic mass is 9.92. The molecule has 0 saturated carbocycles. The molecule has 0 aromatic rings. The molecule has 0 aromatic carbocycles. The van der Waals surface area contributed by atoms with Crippen LogP contribution in [0.4, 0.5) is 0 Å². The first kappa shape index (κ1) is 38.4. The summed E-state index contributed by atoms with van der Waals surface area (Å²) in [7, 11) is -4.92. The number of rotatable bonds is 1. The Kier molecular flexibility index (Phi) is 18.6. The maximum Gasteiger partial charge on any atom is 0.242 e.